The zero-order chi connectivity index (χ0) is 23.2. The number of amides is 2. The van der Waals surface area contributed by atoms with E-state index in [1.807, 2.05) is 65.0 Å². The molecule has 2 atom stereocenters. The number of benzene rings is 1. The van der Waals surface area contributed by atoms with Crippen LogP contribution in [0.2, 0.25) is 0 Å². The predicted octanol–water partition coefficient (Wildman–Crippen LogP) is 4.20. The minimum atomic E-state index is -0.788. The van der Waals surface area contributed by atoms with Crippen LogP contribution in [-0.4, -0.2) is 36.7 Å². The van der Waals surface area contributed by atoms with Crippen LogP contribution in [0.25, 0.3) is 0 Å². The Kier molecular flexibility index (Phi) is 12.3. The Hall–Kier alpha value is -2.57. The second kappa shape index (κ2) is 14.4. The summed E-state index contributed by atoms with van der Waals surface area (Å²) in [6.07, 6.45) is 1.92. The normalized spacial score (nSPS) is 12.9. The third-order valence-electron chi connectivity index (χ3n) is 4.58. The van der Waals surface area contributed by atoms with Gasteiger partial charge < -0.3 is 20.1 Å². The largest absolute Gasteiger partial charge is 0.459 e. The average Bonchev–Trinajstić information content (AvgIpc) is 2.71. The van der Waals surface area contributed by atoms with Crippen LogP contribution in [-0.2, 0) is 25.7 Å². The quantitative estimate of drug-likeness (QED) is 0.358. The summed E-state index contributed by atoms with van der Waals surface area (Å²) in [4.78, 5) is 37.7. The highest BCUT2D eigenvalue weighted by Gasteiger charge is 2.29. The van der Waals surface area contributed by atoms with Gasteiger partial charge in [0.25, 0.3) is 0 Å². The summed E-state index contributed by atoms with van der Waals surface area (Å²) in [5.41, 5.74) is 0.875. The van der Waals surface area contributed by atoms with Gasteiger partial charge in [-0.15, -0.1) is 0 Å². The first kappa shape index (κ1) is 26.5. The summed E-state index contributed by atoms with van der Waals surface area (Å²) >= 11 is 0. The molecule has 2 N–H and O–H groups in total. The summed E-state index contributed by atoms with van der Waals surface area (Å²) in [7, 11) is 0. The molecule has 0 aliphatic carbocycles. The Morgan fingerprint density at radius 2 is 1.48 bits per heavy atom. The van der Waals surface area contributed by atoms with Crippen molar-refractivity contribution in [2.24, 2.45) is 11.8 Å². The molecule has 7 nitrogen and oxygen atoms in total. The monoisotopic (exact) mass is 434 g/mol. The predicted molar refractivity (Wildman–Crippen MR) is 120 cm³/mol. The van der Waals surface area contributed by atoms with E-state index in [1.165, 1.54) is 0 Å². The Labute approximate surface area is 186 Å². The molecule has 174 valence electrons. The van der Waals surface area contributed by atoms with E-state index in [0.717, 1.165) is 18.4 Å². The lowest BCUT2D eigenvalue weighted by Gasteiger charge is -2.24. The van der Waals surface area contributed by atoms with Gasteiger partial charge in [-0.3, -0.25) is 4.79 Å². The van der Waals surface area contributed by atoms with Crippen molar-refractivity contribution in [1.82, 2.24) is 10.6 Å². The number of unbranched alkanes of at least 4 members (excludes halogenated alkanes) is 1. The average molecular weight is 435 g/mol. The van der Waals surface area contributed by atoms with Gasteiger partial charge in [0.1, 0.15) is 18.7 Å². The van der Waals surface area contributed by atoms with Gasteiger partial charge in [0.15, 0.2) is 0 Å². The molecule has 0 aromatic heterocycles. The molecule has 0 aliphatic rings. The van der Waals surface area contributed by atoms with E-state index < -0.39 is 30.1 Å². The number of esters is 1. The first-order valence-electron chi connectivity index (χ1n) is 11.2. The van der Waals surface area contributed by atoms with Gasteiger partial charge in [-0.05, 0) is 36.7 Å². The fourth-order valence-electron chi connectivity index (χ4n) is 2.98. The van der Waals surface area contributed by atoms with Crippen molar-refractivity contribution >= 4 is 18.0 Å². The van der Waals surface area contributed by atoms with Gasteiger partial charge in [-0.25, -0.2) is 9.59 Å². The van der Waals surface area contributed by atoms with Crippen LogP contribution < -0.4 is 10.6 Å². The Morgan fingerprint density at radius 3 is 2.06 bits per heavy atom. The minimum Gasteiger partial charge on any atom is -0.459 e. The van der Waals surface area contributed by atoms with Crippen LogP contribution >= 0.6 is 0 Å². The zero-order valence-electron chi connectivity index (χ0n) is 19.5. The number of alkyl carbamates (subject to hydrolysis) is 1. The van der Waals surface area contributed by atoms with Crippen molar-refractivity contribution in [2.75, 3.05) is 6.61 Å². The van der Waals surface area contributed by atoms with E-state index in [1.54, 1.807) is 0 Å². The molecule has 0 fully saturated rings. The van der Waals surface area contributed by atoms with E-state index in [0.29, 0.717) is 19.4 Å². The number of carbonyl (C=O) groups excluding carboxylic acids is 3. The van der Waals surface area contributed by atoms with Crippen LogP contribution in [0.3, 0.4) is 0 Å². The lowest BCUT2D eigenvalue weighted by molar-refractivity contribution is -0.149. The molecule has 0 spiro atoms. The van der Waals surface area contributed by atoms with Crippen LogP contribution in [0.1, 0.15) is 65.9 Å². The first-order valence-corrected chi connectivity index (χ1v) is 11.2. The molecule has 0 saturated heterocycles. The van der Waals surface area contributed by atoms with Crippen LogP contribution in [0.4, 0.5) is 4.79 Å². The van der Waals surface area contributed by atoms with Gasteiger partial charge in [0, 0.05) is 0 Å². The third-order valence-corrected chi connectivity index (χ3v) is 4.58. The van der Waals surface area contributed by atoms with Crippen molar-refractivity contribution in [3.8, 4) is 0 Å². The lowest BCUT2D eigenvalue weighted by atomic mass is 10.0. The lowest BCUT2D eigenvalue weighted by Crippen LogP contribution is -2.52. The summed E-state index contributed by atoms with van der Waals surface area (Å²) < 4.78 is 10.6. The van der Waals surface area contributed by atoms with E-state index in [9.17, 15) is 14.4 Å². The Bertz CT molecular complexity index is 676. The molecular weight excluding hydrogens is 396 g/mol. The zero-order valence-corrected chi connectivity index (χ0v) is 19.5. The topological polar surface area (TPSA) is 93.7 Å². The SMILES string of the molecule is CCCCOC(=O)N[C@H](CC(C)C)C(=O)N[C@@H](CC(C)C)C(=O)OCc1ccccc1. The molecule has 0 aliphatic heterocycles. The van der Waals surface area contributed by atoms with Gasteiger partial charge in [0.2, 0.25) is 5.91 Å². The van der Waals surface area contributed by atoms with Gasteiger partial charge >= 0.3 is 12.1 Å². The minimum absolute atomic E-state index is 0.140. The molecule has 0 bridgehead atoms. The van der Waals surface area contributed by atoms with Gasteiger partial charge in [-0.1, -0.05) is 71.4 Å². The maximum Gasteiger partial charge on any atom is 0.407 e. The molecule has 1 aromatic rings. The van der Waals surface area contributed by atoms with E-state index >= 15 is 0 Å². The molecular formula is C24H38N2O5. The van der Waals surface area contributed by atoms with Crippen LogP contribution in [0, 0.1) is 11.8 Å². The standard InChI is InChI=1S/C24H38N2O5/c1-6-7-13-30-24(29)26-20(14-17(2)3)22(27)25-21(15-18(4)5)23(28)31-16-19-11-9-8-10-12-19/h8-12,17-18,20-21H,6-7,13-16H2,1-5H3,(H,25,27)(H,26,29)/t20-,21+/m1/s1. The Morgan fingerprint density at radius 1 is 0.871 bits per heavy atom. The van der Waals surface area contributed by atoms with Crippen molar-refractivity contribution in [3.63, 3.8) is 0 Å². The Balaban J connectivity index is 2.76. The smallest absolute Gasteiger partial charge is 0.407 e. The highest BCUT2D eigenvalue weighted by Crippen LogP contribution is 2.11. The third kappa shape index (κ3) is 11.4. The first-order chi connectivity index (χ1) is 14.7. The maximum absolute atomic E-state index is 12.9. The summed E-state index contributed by atoms with van der Waals surface area (Å²) in [6.45, 7) is 10.3. The van der Waals surface area contributed by atoms with E-state index in [4.69, 9.17) is 9.47 Å². The van der Waals surface area contributed by atoms with Crippen LogP contribution in [0.5, 0.6) is 0 Å². The molecule has 0 radical (unpaired) electrons. The second-order valence-corrected chi connectivity index (χ2v) is 8.60. The van der Waals surface area contributed by atoms with Gasteiger partial charge in [-0.2, -0.15) is 0 Å². The van der Waals surface area contributed by atoms with Crippen LogP contribution in [0.15, 0.2) is 30.3 Å². The maximum atomic E-state index is 12.9. The number of nitrogens with one attached hydrogen (secondary N) is 2. The highest BCUT2D eigenvalue weighted by atomic mass is 16.5. The second-order valence-electron chi connectivity index (χ2n) is 8.60. The number of ether oxygens (including phenoxy) is 2. The molecule has 1 rings (SSSR count). The summed E-state index contributed by atoms with van der Waals surface area (Å²) in [5.74, 6) is -0.562. The van der Waals surface area contributed by atoms with Gasteiger partial charge in [0.05, 0.1) is 6.61 Å². The number of rotatable bonds is 13. The molecule has 31 heavy (non-hydrogen) atoms. The highest BCUT2D eigenvalue weighted by molar-refractivity contribution is 5.89. The molecule has 1 aromatic carbocycles. The van der Waals surface area contributed by atoms with Crippen molar-refractivity contribution in [1.29, 1.82) is 0 Å². The number of carbonyl (C=O) groups is 3. The summed E-state index contributed by atoms with van der Waals surface area (Å²) in [5, 5.41) is 5.42. The number of hydrogen-bond donors (Lipinski definition) is 2. The molecule has 0 saturated carbocycles. The van der Waals surface area contributed by atoms with Crippen molar-refractivity contribution < 1.29 is 23.9 Å². The fraction of sp³-hybridized carbons (Fsp3) is 0.625. The van der Waals surface area contributed by atoms with E-state index in [2.05, 4.69) is 10.6 Å². The van der Waals surface area contributed by atoms with Crippen molar-refractivity contribution in [2.45, 2.75) is 79.0 Å². The molecule has 0 unspecified atom stereocenters. The molecule has 2 amide bonds. The van der Waals surface area contributed by atoms with E-state index in [-0.39, 0.29) is 18.4 Å². The molecule has 7 heteroatoms. The van der Waals surface area contributed by atoms with Crippen molar-refractivity contribution in [3.05, 3.63) is 35.9 Å². The number of hydrogen-bond acceptors (Lipinski definition) is 5. The summed E-state index contributed by atoms with van der Waals surface area (Å²) in [6, 6.07) is 7.81. The molecule has 0 heterocycles. The fourth-order valence-corrected chi connectivity index (χ4v) is 2.98.